The minimum Gasteiger partial charge on any atom is -0.390 e. The van der Waals surface area contributed by atoms with Crippen molar-refractivity contribution in [3.63, 3.8) is 0 Å². The summed E-state index contributed by atoms with van der Waals surface area (Å²) in [7, 11) is 0. The van der Waals surface area contributed by atoms with E-state index in [1.165, 1.54) is 30.5 Å². The Bertz CT molecular complexity index is 328. The highest BCUT2D eigenvalue weighted by Gasteiger charge is 2.51. The lowest BCUT2D eigenvalue weighted by Crippen LogP contribution is -2.63. The van der Waals surface area contributed by atoms with Gasteiger partial charge >= 0.3 is 0 Å². The molecule has 1 fully saturated rings. The van der Waals surface area contributed by atoms with Crippen molar-refractivity contribution in [3.8, 4) is 0 Å². The first-order chi connectivity index (χ1) is 7.27. The molecule has 0 aromatic carbocycles. The maximum Gasteiger partial charge on any atom is 0.0821 e. The molecule has 1 aliphatic heterocycles. The van der Waals surface area contributed by atoms with Crippen molar-refractivity contribution in [2.24, 2.45) is 11.3 Å². The Morgan fingerprint density at radius 2 is 1.88 bits per heavy atom. The smallest absolute Gasteiger partial charge is 0.0821 e. The van der Waals surface area contributed by atoms with Crippen LogP contribution >= 0.6 is 0 Å². The van der Waals surface area contributed by atoms with Crippen LogP contribution in [-0.2, 0) is 0 Å². The van der Waals surface area contributed by atoms with E-state index in [1.807, 2.05) is 0 Å². The third-order valence-corrected chi connectivity index (χ3v) is 4.60. The quantitative estimate of drug-likeness (QED) is 0.662. The molecule has 2 N–H and O–H groups in total. The van der Waals surface area contributed by atoms with E-state index in [9.17, 15) is 5.11 Å². The fourth-order valence-corrected chi connectivity index (χ4v) is 3.62. The summed E-state index contributed by atoms with van der Waals surface area (Å²) in [6.45, 7) is 10.9. The zero-order valence-electron chi connectivity index (χ0n) is 11.2. The van der Waals surface area contributed by atoms with Crippen LogP contribution in [0.3, 0.4) is 0 Å². The molecule has 0 spiro atoms. The van der Waals surface area contributed by atoms with Gasteiger partial charge in [0.1, 0.15) is 0 Å². The molecule has 1 heterocycles. The fraction of sp³-hybridized carbons (Fsp3) is 0.857. The predicted molar refractivity (Wildman–Crippen MR) is 67.0 cm³/mol. The Balaban J connectivity index is 2.45. The number of aliphatic hydroxyl groups excluding tert-OH is 1. The summed E-state index contributed by atoms with van der Waals surface area (Å²) >= 11 is 0. The van der Waals surface area contributed by atoms with Gasteiger partial charge < -0.3 is 10.4 Å². The van der Waals surface area contributed by atoms with Gasteiger partial charge in [-0.25, -0.2) is 0 Å². The monoisotopic (exact) mass is 223 g/mol. The first kappa shape index (κ1) is 12.0. The third kappa shape index (κ3) is 1.58. The molecule has 16 heavy (non-hydrogen) atoms. The maximum absolute atomic E-state index is 10.5. The number of allylic oxidation sites excluding steroid dienone is 2. The summed E-state index contributed by atoms with van der Waals surface area (Å²) in [5.74, 6) is 0.504. The van der Waals surface area contributed by atoms with Crippen LogP contribution in [0.2, 0.25) is 0 Å². The number of hydrogen-bond donors (Lipinski definition) is 2. The van der Waals surface area contributed by atoms with E-state index in [0.29, 0.717) is 5.92 Å². The van der Waals surface area contributed by atoms with Crippen LogP contribution < -0.4 is 5.32 Å². The average molecular weight is 223 g/mol. The van der Waals surface area contributed by atoms with E-state index >= 15 is 0 Å². The molecule has 2 rings (SSSR count). The minimum absolute atomic E-state index is 0.0221. The van der Waals surface area contributed by atoms with Gasteiger partial charge in [-0.15, -0.1) is 0 Å². The van der Waals surface area contributed by atoms with Gasteiger partial charge in [0.25, 0.3) is 0 Å². The molecule has 92 valence electrons. The molecule has 1 aliphatic carbocycles. The van der Waals surface area contributed by atoms with Crippen molar-refractivity contribution in [2.75, 3.05) is 0 Å². The predicted octanol–water partition coefficient (Wildman–Crippen LogP) is 2.83. The second-order valence-corrected chi connectivity index (χ2v) is 6.71. The van der Waals surface area contributed by atoms with Crippen molar-refractivity contribution >= 4 is 0 Å². The van der Waals surface area contributed by atoms with Crippen LogP contribution in [0.15, 0.2) is 11.3 Å². The second kappa shape index (κ2) is 3.49. The van der Waals surface area contributed by atoms with Gasteiger partial charge in [-0.3, -0.25) is 0 Å². The molecule has 0 aromatic heterocycles. The average Bonchev–Trinajstić information content (AvgIpc) is 2.17. The van der Waals surface area contributed by atoms with Gasteiger partial charge in [-0.05, 0) is 40.0 Å². The summed E-state index contributed by atoms with van der Waals surface area (Å²) in [5.41, 5.74) is 2.66. The highest BCUT2D eigenvalue weighted by molar-refractivity contribution is 5.26. The van der Waals surface area contributed by atoms with Crippen LogP contribution in [-0.4, -0.2) is 16.7 Å². The number of aliphatic hydroxyl groups is 1. The van der Waals surface area contributed by atoms with E-state index in [0.717, 1.165) is 0 Å². The Labute approximate surface area is 99.1 Å². The van der Waals surface area contributed by atoms with Gasteiger partial charge in [0.15, 0.2) is 0 Å². The van der Waals surface area contributed by atoms with E-state index < -0.39 is 0 Å². The lowest BCUT2D eigenvalue weighted by molar-refractivity contribution is -0.0668. The first-order valence-corrected chi connectivity index (χ1v) is 6.42. The second-order valence-electron chi connectivity index (χ2n) is 6.71. The number of nitrogens with one attached hydrogen (secondary N) is 1. The van der Waals surface area contributed by atoms with Gasteiger partial charge in [0.05, 0.1) is 11.6 Å². The van der Waals surface area contributed by atoms with Crippen LogP contribution in [0.1, 0.15) is 53.9 Å². The van der Waals surface area contributed by atoms with Gasteiger partial charge in [0, 0.05) is 17.0 Å². The molecule has 2 nitrogen and oxygen atoms in total. The number of rotatable bonds is 0. The molecular formula is C14H25NO. The van der Waals surface area contributed by atoms with Gasteiger partial charge in [-0.1, -0.05) is 19.4 Å². The lowest BCUT2D eigenvalue weighted by Gasteiger charge is -2.54. The van der Waals surface area contributed by atoms with Crippen molar-refractivity contribution in [3.05, 3.63) is 11.3 Å². The van der Waals surface area contributed by atoms with Crippen LogP contribution in [0.25, 0.3) is 0 Å². The standard InChI is InChI=1S/C14H25NO/c1-9-7-6-8-10-11(9)15-14(4,5)12(16)13(10,2)3/h10,12,15-16H,6-8H2,1-5H3. The number of piperidine rings is 1. The Kier molecular flexibility index (Phi) is 2.61. The highest BCUT2D eigenvalue weighted by Crippen LogP contribution is 2.49. The van der Waals surface area contributed by atoms with Crippen LogP contribution in [0.5, 0.6) is 0 Å². The Morgan fingerprint density at radius 1 is 1.25 bits per heavy atom. The first-order valence-electron chi connectivity index (χ1n) is 6.42. The molecule has 1 saturated heterocycles. The number of fused-ring (bicyclic) bond motifs is 1. The Hall–Kier alpha value is -0.500. The summed E-state index contributed by atoms with van der Waals surface area (Å²) in [6, 6.07) is 0. The SMILES string of the molecule is CC1=C2NC(C)(C)C(O)C(C)(C)C2CCC1. The summed E-state index contributed by atoms with van der Waals surface area (Å²) in [6.07, 6.45) is 3.39. The largest absolute Gasteiger partial charge is 0.390 e. The Morgan fingerprint density at radius 3 is 2.50 bits per heavy atom. The van der Waals surface area contributed by atoms with Gasteiger partial charge in [0.2, 0.25) is 0 Å². The van der Waals surface area contributed by atoms with Gasteiger partial charge in [-0.2, -0.15) is 0 Å². The van der Waals surface area contributed by atoms with Crippen molar-refractivity contribution < 1.29 is 5.11 Å². The topological polar surface area (TPSA) is 32.3 Å². The minimum atomic E-state index is -0.292. The summed E-state index contributed by atoms with van der Waals surface area (Å²) in [4.78, 5) is 0. The summed E-state index contributed by atoms with van der Waals surface area (Å²) < 4.78 is 0. The van der Waals surface area contributed by atoms with Crippen molar-refractivity contribution in [2.45, 2.75) is 65.5 Å². The van der Waals surface area contributed by atoms with E-state index in [4.69, 9.17) is 0 Å². The normalized spacial score (nSPS) is 36.6. The zero-order valence-corrected chi connectivity index (χ0v) is 11.2. The number of hydrogen-bond acceptors (Lipinski definition) is 2. The summed E-state index contributed by atoms with van der Waals surface area (Å²) in [5, 5.41) is 14.1. The van der Waals surface area contributed by atoms with Crippen LogP contribution in [0, 0.1) is 11.3 Å². The molecule has 2 atom stereocenters. The molecule has 2 heteroatoms. The maximum atomic E-state index is 10.5. The zero-order chi connectivity index (χ0) is 12.1. The fourth-order valence-electron chi connectivity index (χ4n) is 3.62. The van der Waals surface area contributed by atoms with E-state index in [-0.39, 0.29) is 17.1 Å². The molecule has 2 aliphatic rings. The molecule has 0 saturated carbocycles. The molecule has 0 amide bonds. The lowest BCUT2D eigenvalue weighted by atomic mass is 9.61. The van der Waals surface area contributed by atoms with Crippen molar-refractivity contribution in [1.29, 1.82) is 0 Å². The van der Waals surface area contributed by atoms with Crippen LogP contribution in [0.4, 0.5) is 0 Å². The molecule has 0 bridgehead atoms. The molecule has 2 unspecified atom stereocenters. The molecule has 0 radical (unpaired) electrons. The molecular weight excluding hydrogens is 198 g/mol. The third-order valence-electron chi connectivity index (χ3n) is 4.60. The van der Waals surface area contributed by atoms with Crippen molar-refractivity contribution in [1.82, 2.24) is 5.32 Å². The van der Waals surface area contributed by atoms with E-state index in [2.05, 4.69) is 39.9 Å². The molecule has 0 aromatic rings. The highest BCUT2D eigenvalue weighted by atomic mass is 16.3. The van der Waals surface area contributed by atoms with E-state index in [1.54, 1.807) is 0 Å².